The average molecular weight is 296 g/mol. The number of carboxylic acids is 1. The van der Waals surface area contributed by atoms with E-state index in [0.29, 0.717) is 6.54 Å². The Kier molecular flexibility index (Phi) is 4.21. The first kappa shape index (κ1) is 15.4. The van der Waals surface area contributed by atoms with Crippen molar-refractivity contribution in [2.75, 3.05) is 6.54 Å². The molecular formula is C15H24N2O2S. The predicted molar refractivity (Wildman–Crippen MR) is 81.1 cm³/mol. The van der Waals surface area contributed by atoms with E-state index < -0.39 is 11.5 Å². The maximum Gasteiger partial charge on any atom is 0.323 e. The fourth-order valence-corrected chi connectivity index (χ4v) is 3.60. The third-order valence-corrected chi connectivity index (χ3v) is 4.98. The van der Waals surface area contributed by atoms with Gasteiger partial charge in [0.1, 0.15) is 10.5 Å². The zero-order chi connectivity index (χ0) is 15.0. The molecule has 112 valence electrons. The number of aliphatic carboxylic acids is 1. The molecule has 0 aromatic carbocycles. The van der Waals surface area contributed by atoms with Crippen molar-refractivity contribution in [3.8, 4) is 0 Å². The normalized spacial score (nSPS) is 24.8. The molecule has 20 heavy (non-hydrogen) atoms. The second-order valence-corrected chi connectivity index (χ2v) is 7.78. The molecule has 0 amide bonds. The zero-order valence-corrected chi connectivity index (χ0v) is 13.6. The second-order valence-electron chi connectivity index (χ2n) is 6.83. The molecule has 1 aliphatic heterocycles. The SMILES string of the molecule is CC(C)(C)c1csc(CN2CCCCC2(C)C(=O)O)n1. The number of rotatable bonds is 3. The van der Waals surface area contributed by atoms with Crippen LogP contribution in [0.1, 0.15) is 57.7 Å². The Morgan fingerprint density at radius 1 is 1.50 bits per heavy atom. The van der Waals surface area contributed by atoms with Crippen molar-refractivity contribution in [3.63, 3.8) is 0 Å². The Morgan fingerprint density at radius 3 is 2.75 bits per heavy atom. The van der Waals surface area contributed by atoms with E-state index in [2.05, 4.69) is 36.0 Å². The molecule has 4 nitrogen and oxygen atoms in total. The summed E-state index contributed by atoms with van der Waals surface area (Å²) in [6.45, 7) is 9.76. The molecule has 0 saturated carbocycles. The van der Waals surface area contributed by atoms with Crippen LogP contribution in [-0.2, 0) is 16.8 Å². The van der Waals surface area contributed by atoms with Gasteiger partial charge in [-0.1, -0.05) is 20.8 Å². The van der Waals surface area contributed by atoms with Crippen LogP contribution in [0.4, 0.5) is 0 Å². The van der Waals surface area contributed by atoms with Gasteiger partial charge in [-0.15, -0.1) is 11.3 Å². The maximum absolute atomic E-state index is 11.6. The van der Waals surface area contributed by atoms with Crippen molar-refractivity contribution >= 4 is 17.3 Å². The summed E-state index contributed by atoms with van der Waals surface area (Å²) in [5.74, 6) is -0.718. The van der Waals surface area contributed by atoms with E-state index in [1.807, 2.05) is 6.92 Å². The highest BCUT2D eigenvalue weighted by atomic mass is 32.1. The molecule has 0 bridgehead atoms. The van der Waals surface area contributed by atoms with Gasteiger partial charge in [0, 0.05) is 10.8 Å². The van der Waals surface area contributed by atoms with E-state index in [-0.39, 0.29) is 5.41 Å². The largest absolute Gasteiger partial charge is 0.480 e. The number of carboxylic acid groups (broad SMARTS) is 1. The van der Waals surface area contributed by atoms with Crippen LogP contribution in [0.5, 0.6) is 0 Å². The van der Waals surface area contributed by atoms with Gasteiger partial charge in [-0.05, 0) is 32.7 Å². The number of piperidine rings is 1. The van der Waals surface area contributed by atoms with Crippen LogP contribution in [-0.4, -0.2) is 33.0 Å². The minimum absolute atomic E-state index is 0.0484. The highest BCUT2D eigenvalue weighted by Crippen LogP contribution is 2.31. The lowest BCUT2D eigenvalue weighted by Crippen LogP contribution is -2.54. The van der Waals surface area contributed by atoms with Crippen molar-refractivity contribution in [2.24, 2.45) is 0 Å². The van der Waals surface area contributed by atoms with E-state index in [4.69, 9.17) is 0 Å². The molecule has 1 aromatic heterocycles. The first-order valence-corrected chi connectivity index (χ1v) is 8.05. The lowest BCUT2D eigenvalue weighted by Gasteiger charge is -2.41. The zero-order valence-electron chi connectivity index (χ0n) is 12.8. The van der Waals surface area contributed by atoms with Crippen LogP contribution in [0.2, 0.25) is 0 Å². The highest BCUT2D eigenvalue weighted by Gasteiger charge is 2.41. The molecule has 1 N–H and O–H groups in total. The van der Waals surface area contributed by atoms with Gasteiger partial charge in [-0.3, -0.25) is 9.69 Å². The van der Waals surface area contributed by atoms with Gasteiger partial charge in [0.2, 0.25) is 0 Å². The third kappa shape index (κ3) is 3.04. The summed E-state index contributed by atoms with van der Waals surface area (Å²) in [7, 11) is 0. The average Bonchev–Trinajstić information content (AvgIpc) is 2.80. The molecule has 1 fully saturated rings. The summed E-state index contributed by atoms with van der Waals surface area (Å²) >= 11 is 1.64. The molecular weight excluding hydrogens is 272 g/mol. The van der Waals surface area contributed by atoms with Crippen molar-refractivity contribution in [1.82, 2.24) is 9.88 Å². The van der Waals surface area contributed by atoms with Gasteiger partial charge in [0.05, 0.1) is 12.2 Å². The summed E-state index contributed by atoms with van der Waals surface area (Å²) in [6.07, 6.45) is 2.78. The van der Waals surface area contributed by atoms with Crippen LogP contribution in [0.3, 0.4) is 0 Å². The second kappa shape index (κ2) is 5.45. The van der Waals surface area contributed by atoms with Gasteiger partial charge in [0.25, 0.3) is 0 Å². The monoisotopic (exact) mass is 296 g/mol. The van der Waals surface area contributed by atoms with Crippen LogP contribution < -0.4 is 0 Å². The lowest BCUT2D eigenvalue weighted by atomic mass is 9.88. The van der Waals surface area contributed by atoms with Crippen molar-refractivity contribution in [1.29, 1.82) is 0 Å². The maximum atomic E-state index is 11.6. The molecule has 1 aliphatic rings. The van der Waals surface area contributed by atoms with Crippen LogP contribution in [0.25, 0.3) is 0 Å². The Labute approximate surface area is 124 Å². The van der Waals surface area contributed by atoms with E-state index >= 15 is 0 Å². The van der Waals surface area contributed by atoms with E-state index in [1.54, 1.807) is 11.3 Å². The smallest absolute Gasteiger partial charge is 0.323 e. The molecule has 0 aliphatic carbocycles. The number of carbonyl (C=O) groups is 1. The Bertz CT molecular complexity index is 492. The Balaban J connectivity index is 2.15. The van der Waals surface area contributed by atoms with Gasteiger partial charge >= 0.3 is 5.97 Å². The molecule has 1 atom stereocenters. The lowest BCUT2D eigenvalue weighted by molar-refractivity contribution is -0.153. The summed E-state index contributed by atoms with van der Waals surface area (Å²) in [5.41, 5.74) is 0.394. The Morgan fingerprint density at radius 2 is 2.20 bits per heavy atom. The number of hydrogen-bond acceptors (Lipinski definition) is 4. The minimum Gasteiger partial charge on any atom is -0.480 e. The minimum atomic E-state index is -0.744. The number of nitrogens with zero attached hydrogens (tertiary/aromatic N) is 2. The summed E-state index contributed by atoms with van der Waals surface area (Å²) < 4.78 is 0. The van der Waals surface area contributed by atoms with Crippen molar-refractivity contribution in [3.05, 3.63) is 16.1 Å². The molecule has 0 spiro atoms. The molecule has 2 heterocycles. The molecule has 0 radical (unpaired) electrons. The quantitative estimate of drug-likeness (QED) is 0.930. The van der Waals surface area contributed by atoms with Gasteiger partial charge in [-0.2, -0.15) is 0 Å². The van der Waals surface area contributed by atoms with E-state index in [9.17, 15) is 9.90 Å². The fourth-order valence-electron chi connectivity index (χ4n) is 2.56. The number of hydrogen-bond donors (Lipinski definition) is 1. The van der Waals surface area contributed by atoms with E-state index in [1.165, 1.54) is 0 Å². The topological polar surface area (TPSA) is 53.4 Å². The predicted octanol–water partition coefficient (Wildman–Crippen LogP) is 3.27. The van der Waals surface area contributed by atoms with Gasteiger partial charge in [0.15, 0.2) is 0 Å². The van der Waals surface area contributed by atoms with Crippen molar-refractivity contribution < 1.29 is 9.90 Å². The fraction of sp³-hybridized carbons (Fsp3) is 0.733. The van der Waals surface area contributed by atoms with Crippen molar-refractivity contribution in [2.45, 2.75) is 64.5 Å². The Hall–Kier alpha value is -0.940. The number of aromatic nitrogens is 1. The molecule has 1 aromatic rings. The van der Waals surface area contributed by atoms with Gasteiger partial charge < -0.3 is 5.11 Å². The first-order chi connectivity index (χ1) is 9.23. The molecule has 5 heteroatoms. The first-order valence-electron chi connectivity index (χ1n) is 7.17. The number of thiazole rings is 1. The molecule has 1 saturated heterocycles. The summed E-state index contributed by atoms with van der Waals surface area (Å²) in [6, 6.07) is 0. The van der Waals surface area contributed by atoms with Crippen LogP contribution in [0, 0.1) is 0 Å². The third-order valence-electron chi connectivity index (χ3n) is 4.15. The van der Waals surface area contributed by atoms with Gasteiger partial charge in [-0.25, -0.2) is 4.98 Å². The summed E-state index contributed by atoms with van der Waals surface area (Å²) in [4.78, 5) is 18.3. The molecule has 1 unspecified atom stereocenters. The number of likely N-dealkylation sites (tertiary alicyclic amines) is 1. The standard InChI is InChI=1S/C15H24N2O2S/c1-14(2,3)11-10-20-12(16-11)9-17-8-6-5-7-15(17,4)13(18)19/h10H,5-9H2,1-4H3,(H,18,19). The highest BCUT2D eigenvalue weighted by molar-refractivity contribution is 7.09. The van der Waals surface area contributed by atoms with E-state index in [0.717, 1.165) is 36.5 Å². The summed E-state index contributed by atoms with van der Waals surface area (Å²) in [5, 5.41) is 12.6. The van der Waals surface area contributed by atoms with Crippen LogP contribution in [0.15, 0.2) is 5.38 Å². The van der Waals surface area contributed by atoms with Crippen LogP contribution >= 0.6 is 11.3 Å². The molecule has 2 rings (SSSR count).